The molecule has 2 aliphatic heterocycles. The molecule has 1 fully saturated rings. The average Bonchev–Trinajstić information content (AvgIpc) is 3.22. The number of rotatable bonds is 7. The minimum absolute atomic E-state index is 0.365. The first-order chi connectivity index (χ1) is 17.1. The first kappa shape index (κ1) is 24.4. The standard InChI is InChI=1S/C29H36BrN3O2/c1-4-20-10-9-11-21(5-2)27(20)29-31-28(30)24(33(29)6-3)19-32-15-8-7-12-23(32)22-13-14-25-26(18-22)35-17-16-34-25/h9-11,13-14,18,23H,4-8,12,15-17,19H2,1-3H3. The maximum Gasteiger partial charge on any atom is 0.161 e. The third-order valence-corrected chi connectivity index (χ3v) is 8.11. The minimum Gasteiger partial charge on any atom is -0.486 e. The Bertz CT molecular complexity index is 1170. The third-order valence-electron chi connectivity index (χ3n) is 7.48. The van der Waals surface area contributed by atoms with Crippen molar-refractivity contribution in [3.8, 4) is 22.9 Å². The predicted molar refractivity (Wildman–Crippen MR) is 144 cm³/mol. The Labute approximate surface area is 217 Å². The van der Waals surface area contributed by atoms with Gasteiger partial charge in [0.15, 0.2) is 11.5 Å². The molecule has 0 bridgehead atoms. The van der Waals surface area contributed by atoms with Crippen molar-refractivity contribution in [2.24, 2.45) is 0 Å². The summed E-state index contributed by atoms with van der Waals surface area (Å²) in [7, 11) is 0. The second-order valence-corrected chi connectivity index (χ2v) is 10.2. The lowest BCUT2D eigenvalue weighted by Gasteiger charge is -2.36. The number of hydrogen-bond acceptors (Lipinski definition) is 4. The van der Waals surface area contributed by atoms with Crippen LogP contribution in [0.4, 0.5) is 0 Å². The van der Waals surface area contributed by atoms with Gasteiger partial charge in [-0.2, -0.15) is 0 Å². The van der Waals surface area contributed by atoms with Crippen LogP contribution in [0.1, 0.15) is 68.5 Å². The zero-order chi connectivity index (χ0) is 24.4. The van der Waals surface area contributed by atoms with Crippen LogP contribution < -0.4 is 9.47 Å². The number of ether oxygens (including phenoxy) is 2. The normalized spacial score (nSPS) is 18.1. The summed E-state index contributed by atoms with van der Waals surface area (Å²) in [6, 6.07) is 13.5. The van der Waals surface area contributed by atoms with E-state index in [-0.39, 0.29) is 0 Å². The Morgan fingerprint density at radius 3 is 2.43 bits per heavy atom. The number of imidazole rings is 1. The Morgan fingerprint density at radius 2 is 1.71 bits per heavy atom. The lowest BCUT2D eigenvalue weighted by Crippen LogP contribution is -2.34. The van der Waals surface area contributed by atoms with Crippen molar-refractivity contribution in [2.75, 3.05) is 19.8 Å². The molecule has 0 N–H and O–H groups in total. The van der Waals surface area contributed by atoms with Crippen molar-refractivity contribution in [2.45, 2.75) is 72.0 Å². The van der Waals surface area contributed by atoms with Crippen molar-refractivity contribution in [3.63, 3.8) is 0 Å². The highest BCUT2D eigenvalue weighted by atomic mass is 79.9. The monoisotopic (exact) mass is 537 g/mol. The maximum absolute atomic E-state index is 5.89. The van der Waals surface area contributed by atoms with E-state index in [1.165, 1.54) is 40.8 Å². The van der Waals surface area contributed by atoms with Crippen molar-refractivity contribution in [3.05, 3.63) is 63.4 Å². The predicted octanol–water partition coefficient (Wildman–Crippen LogP) is 6.96. The molecule has 1 aromatic heterocycles. The third kappa shape index (κ3) is 4.75. The highest BCUT2D eigenvalue weighted by Crippen LogP contribution is 2.39. The number of halogens is 1. The van der Waals surface area contributed by atoms with Crippen LogP contribution in [0, 0.1) is 0 Å². The van der Waals surface area contributed by atoms with E-state index in [0.29, 0.717) is 19.3 Å². The van der Waals surface area contributed by atoms with Crippen molar-refractivity contribution in [1.29, 1.82) is 0 Å². The van der Waals surface area contributed by atoms with Crippen LogP contribution in [0.15, 0.2) is 41.0 Å². The molecule has 5 nitrogen and oxygen atoms in total. The summed E-state index contributed by atoms with van der Waals surface area (Å²) in [6.45, 7) is 10.8. The molecular weight excluding hydrogens is 502 g/mol. The Morgan fingerprint density at radius 1 is 0.971 bits per heavy atom. The molecule has 35 heavy (non-hydrogen) atoms. The fourth-order valence-electron chi connectivity index (χ4n) is 5.69. The number of piperidine rings is 1. The first-order valence-corrected chi connectivity index (χ1v) is 13.9. The summed E-state index contributed by atoms with van der Waals surface area (Å²) in [4.78, 5) is 7.73. The van der Waals surface area contributed by atoms with Gasteiger partial charge in [0, 0.05) is 24.7 Å². The lowest BCUT2D eigenvalue weighted by molar-refractivity contribution is 0.135. The zero-order valence-electron chi connectivity index (χ0n) is 21.1. The molecule has 0 spiro atoms. The maximum atomic E-state index is 5.89. The molecule has 3 aromatic rings. The number of hydrogen-bond donors (Lipinski definition) is 0. The summed E-state index contributed by atoms with van der Waals surface area (Å²) in [5, 5.41) is 0. The number of fused-ring (bicyclic) bond motifs is 1. The summed E-state index contributed by atoms with van der Waals surface area (Å²) in [5.74, 6) is 2.83. The molecule has 5 rings (SSSR count). The van der Waals surface area contributed by atoms with Gasteiger partial charge in [0.1, 0.15) is 23.6 Å². The molecule has 0 amide bonds. The first-order valence-electron chi connectivity index (χ1n) is 13.1. The smallest absolute Gasteiger partial charge is 0.161 e. The largest absolute Gasteiger partial charge is 0.486 e. The number of benzene rings is 2. The van der Waals surface area contributed by atoms with E-state index >= 15 is 0 Å². The van der Waals surface area contributed by atoms with E-state index in [2.05, 4.69) is 82.6 Å². The molecule has 0 radical (unpaired) electrons. The summed E-state index contributed by atoms with van der Waals surface area (Å²) in [6.07, 6.45) is 5.64. The second-order valence-electron chi connectivity index (χ2n) is 9.46. The quantitative estimate of drug-likeness (QED) is 0.326. The van der Waals surface area contributed by atoms with Gasteiger partial charge in [-0.1, -0.05) is 44.5 Å². The fourth-order valence-corrected chi connectivity index (χ4v) is 6.19. The van der Waals surface area contributed by atoms with Crippen LogP contribution in [0.25, 0.3) is 11.4 Å². The van der Waals surface area contributed by atoms with Crippen LogP contribution in [0.3, 0.4) is 0 Å². The van der Waals surface area contributed by atoms with Crippen LogP contribution in [-0.2, 0) is 25.9 Å². The number of aromatic nitrogens is 2. The van der Waals surface area contributed by atoms with Crippen LogP contribution in [0.2, 0.25) is 0 Å². The van der Waals surface area contributed by atoms with Gasteiger partial charge in [0.2, 0.25) is 0 Å². The minimum atomic E-state index is 0.365. The number of nitrogens with zero attached hydrogens (tertiary/aromatic N) is 3. The molecule has 186 valence electrons. The zero-order valence-corrected chi connectivity index (χ0v) is 22.7. The molecule has 2 aromatic carbocycles. The van der Waals surface area contributed by atoms with Crippen molar-refractivity contribution >= 4 is 15.9 Å². The van der Waals surface area contributed by atoms with E-state index in [1.54, 1.807) is 0 Å². The molecule has 1 atom stereocenters. The van der Waals surface area contributed by atoms with Gasteiger partial charge in [-0.25, -0.2) is 4.98 Å². The molecule has 1 unspecified atom stereocenters. The van der Waals surface area contributed by atoms with Crippen LogP contribution in [-0.4, -0.2) is 34.2 Å². The SMILES string of the molecule is CCc1cccc(CC)c1-c1nc(Br)c(CN2CCCCC2c2ccc3c(c2)OCCO3)n1CC. The number of likely N-dealkylation sites (tertiary alicyclic amines) is 1. The van der Waals surface area contributed by atoms with Gasteiger partial charge in [-0.05, 0) is 83.9 Å². The van der Waals surface area contributed by atoms with Gasteiger partial charge in [-0.15, -0.1) is 0 Å². The summed E-state index contributed by atoms with van der Waals surface area (Å²) >= 11 is 3.86. The number of aryl methyl sites for hydroxylation is 2. The van der Waals surface area contributed by atoms with E-state index in [1.807, 2.05) is 0 Å². The second kappa shape index (κ2) is 10.8. The van der Waals surface area contributed by atoms with Gasteiger partial charge in [-0.3, -0.25) is 4.90 Å². The van der Waals surface area contributed by atoms with Gasteiger partial charge in [0.25, 0.3) is 0 Å². The molecule has 3 heterocycles. The topological polar surface area (TPSA) is 39.5 Å². The van der Waals surface area contributed by atoms with E-state index in [0.717, 1.165) is 60.8 Å². The van der Waals surface area contributed by atoms with E-state index in [4.69, 9.17) is 14.5 Å². The van der Waals surface area contributed by atoms with E-state index < -0.39 is 0 Å². The fraction of sp³-hybridized carbons (Fsp3) is 0.483. The molecule has 0 saturated carbocycles. The van der Waals surface area contributed by atoms with Crippen LogP contribution >= 0.6 is 15.9 Å². The highest BCUT2D eigenvalue weighted by molar-refractivity contribution is 9.10. The van der Waals surface area contributed by atoms with Crippen molar-refractivity contribution < 1.29 is 9.47 Å². The van der Waals surface area contributed by atoms with Crippen molar-refractivity contribution in [1.82, 2.24) is 14.5 Å². The highest BCUT2D eigenvalue weighted by Gasteiger charge is 2.28. The molecular formula is C29H36BrN3O2. The van der Waals surface area contributed by atoms with E-state index in [9.17, 15) is 0 Å². The van der Waals surface area contributed by atoms with Gasteiger partial charge >= 0.3 is 0 Å². The Balaban J connectivity index is 1.50. The molecule has 6 heteroatoms. The Hall–Kier alpha value is -2.31. The molecule has 0 aliphatic carbocycles. The lowest BCUT2D eigenvalue weighted by atomic mass is 9.94. The summed E-state index contributed by atoms with van der Waals surface area (Å²) < 4.78 is 15.0. The summed E-state index contributed by atoms with van der Waals surface area (Å²) in [5.41, 5.74) is 6.64. The van der Waals surface area contributed by atoms with Gasteiger partial charge < -0.3 is 14.0 Å². The molecule has 2 aliphatic rings. The molecule has 1 saturated heterocycles. The van der Waals surface area contributed by atoms with Gasteiger partial charge in [0.05, 0.1) is 5.69 Å². The Kier molecular flexibility index (Phi) is 7.49. The van der Waals surface area contributed by atoms with Crippen LogP contribution in [0.5, 0.6) is 11.5 Å². The average molecular weight is 539 g/mol.